The van der Waals surface area contributed by atoms with Crippen molar-refractivity contribution in [3.8, 4) is 0 Å². The predicted octanol–water partition coefficient (Wildman–Crippen LogP) is 2.08. The van der Waals surface area contributed by atoms with Crippen LogP contribution in [0.25, 0.3) is 0 Å². The summed E-state index contributed by atoms with van der Waals surface area (Å²) in [6, 6.07) is -0.798. The van der Waals surface area contributed by atoms with E-state index < -0.39 is 30.1 Å². The summed E-state index contributed by atoms with van der Waals surface area (Å²) < 4.78 is 36.1. The maximum atomic E-state index is 12.0. The number of aliphatic carboxylic acids is 1. The molecular weight excluding hydrogens is 277 g/mol. The van der Waals surface area contributed by atoms with Crippen molar-refractivity contribution in [2.45, 2.75) is 32.9 Å². The van der Waals surface area contributed by atoms with Crippen LogP contribution in [-0.2, 0) is 4.79 Å². The van der Waals surface area contributed by atoms with Gasteiger partial charge in [0.25, 0.3) is 0 Å². The van der Waals surface area contributed by atoms with Crippen LogP contribution >= 0.6 is 0 Å². The van der Waals surface area contributed by atoms with E-state index in [1.165, 1.54) is 4.90 Å². The monoisotopic (exact) mass is 296 g/mol. The zero-order valence-corrected chi connectivity index (χ0v) is 11.5. The van der Waals surface area contributed by atoms with E-state index in [1.807, 2.05) is 5.32 Å². The number of nitrogens with zero attached hydrogens (tertiary/aromatic N) is 1. The number of carboxylic acid groups (broad SMARTS) is 1. The van der Waals surface area contributed by atoms with Gasteiger partial charge < -0.3 is 15.3 Å². The maximum absolute atomic E-state index is 12.0. The highest BCUT2D eigenvalue weighted by Gasteiger charge is 2.40. The lowest BCUT2D eigenvalue weighted by atomic mass is 9.74. The third-order valence-corrected chi connectivity index (χ3v) is 3.72. The van der Waals surface area contributed by atoms with Gasteiger partial charge in [0.05, 0.1) is 5.41 Å². The normalized spacial score (nSPS) is 20.6. The molecule has 0 radical (unpaired) electrons. The van der Waals surface area contributed by atoms with Crippen LogP contribution in [0.1, 0.15) is 26.7 Å². The van der Waals surface area contributed by atoms with Crippen LogP contribution in [0.5, 0.6) is 0 Å². The number of piperidine rings is 1. The molecule has 8 heteroatoms. The van der Waals surface area contributed by atoms with E-state index in [4.69, 9.17) is 5.11 Å². The minimum absolute atomic E-state index is 0.156. The van der Waals surface area contributed by atoms with Crippen LogP contribution in [0.4, 0.5) is 18.0 Å². The van der Waals surface area contributed by atoms with Gasteiger partial charge in [-0.25, -0.2) is 4.79 Å². The Kier molecular flexibility index (Phi) is 4.88. The molecule has 116 valence electrons. The van der Waals surface area contributed by atoms with E-state index in [0.717, 1.165) is 0 Å². The zero-order chi connectivity index (χ0) is 15.6. The third-order valence-electron chi connectivity index (χ3n) is 3.72. The highest BCUT2D eigenvalue weighted by Crippen LogP contribution is 2.34. The molecule has 20 heavy (non-hydrogen) atoms. The molecule has 1 fully saturated rings. The van der Waals surface area contributed by atoms with E-state index >= 15 is 0 Å². The number of alkyl halides is 3. The summed E-state index contributed by atoms with van der Waals surface area (Å²) in [7, 11) is 0. The molecule has 2 N–H and O–H groups in total. The predicted molar refractivity (Wildman–Crippen MR) is 65.2 cm³/mol. The van der Waals surface area contributed by atoms with Gasteiger partial charge in [-0.1, -0.05) is 0 Å². The fourth-order valence-electron chi connectivity index (χ4n) is 2.21. The second kappa shape index (κ2) is 5.88. The number of amides is 2. The molecule has 1 unspecified atom stereocenters. The third kappa shape index (κ3) is 4.28. The summed E-state index contributed by atoms with van der Waals surface area (Å²) in [4.78, 5) is 24.1. The molecule has 1 saturated heterocycles. The van der Waals surface area contributed by atoms with Crippen molar-refractivity contribution in [3.63, 3.8) is 0 Å². The Hall–Kier alpha value is -1.47. The lowest BCUT2D eigenvalue weighted by molar-refractivity contribution is -0.151. The largest absolute Gasteiger partial charge is 0.481 e. The molecule has 2 amide bonds. The molecule has 1 aliphatic heterocycles. The molecule has 0 aromatic carbocycles. The van der Waals surface area contributed by atoms with Crippen LogP contribution in [0.15, 0.2) is 0 Å². The van der Waals surface area contributed by atoms with Crippen LogP contribution in [0, 0.1) is 11.3 Å². The number of carbonyl (C=O) groups excluding carboxylic acids is 1. The number of halogens is 3. The van der Waals surface area contributed by atoms with E-state index in [9.17, 15) is 22.8 Å². The average Bonchev–Trinajstić information content (AvgIpc) is 2.35. The zero-order valence-electron chi connectivity index (χ0n) is 11.5. The fraction of sp³-hybridized carbons (Fsp3) is 0.833. The molecular formula is C12H19F3N2O3. The number of carbonyl (C=O) groups is 2. The molecule has 0 saturated carbocycles. The van der Waals surface area contributed by atoms with Gasteiger partial charge >= 0.3 is 18.2 Å². The first kappa shape index (κ1) is 16.6. The van der Waals surface area contributed by atoms with Gasteiger partial charge in [0.15, 0.2) is 0 Å². The number of rotatable bonds is 3. The van der Waals surface area contributed by atoms with E-state index in [-0.39, 0.29) is 12.5 Å². The summed E-state index contributed by atoms with van der Waals surface area (Å²) >= 11 is 0. The Morgan fingerprint density at radius 2 is 1.95 bits per heavy atom. The van der Waals surface area contributed by atoms with Gasteiger partial charge in [-0.05, 0) is 32.6 Å². The van der Waals surface area contributed by atoms with Crippen molar-refractivity contribution in [1.29, 1.82) is 0 Å². The molecule has 0 bridgehead atoms. The highest BCUT2D eigenvalue weighted by atomic mass is 19.4. The molecule has 0 aromatic rings. The first-order valence-electron chi connectivity index (χ1n) is 6.37. The maximum Gasteiger partial charge on any atom is 0.405 e. The molecule has 0 aliphatic carbocycles. The van der Waals surface area contributed by atoms with E-state index in [0.29, 0.717) is 19.4 Å². The second-order valence-corrected chi connectivity index (χ2v) is 5.59. The standard InChI is InChI=1S/C12H19F3N2O3/c1-11(2,9(18)19)8-4-3-5-17(6-8)10(20)16-7-12(13,14)15/h8H,3-7H2,1-2H3,(H,16,20)(H,18,19). The summed E-state index contributed by atoms with van der Waals surface area (Å²) in [5, 5.41) is 11.0. The number of nitrogens with one attached hydrogen (secondary N) is 1. The fourth-order valence-corrected chi connectivity index (χ4v) is 2.21. The minimum atomic E-state index is -4.45. The molecule has 1 aliphatic rings. The van der Waals surface area contributed by atoms with Gasteiger partial charge in [-0.2, -0.15) is 13.2 Å². The van der Waals surface area contributed by atoms with Gasteiger partial charge in [0.2, 0.25) is 0 Å². The van der Waals surface area contributed by atoms with Crippen molar-refractivity contribution in [1.82, 2.24) is 10.2 Å². The first-order chi connectivity index (χ1) is 9.04. The summed E-state index contributed by atoms with van der Waals surface area (Å²) in [5.41, 5.74) is -1.01. The lowest BCUT2D eigenvalue weighted by Gasteiger charge is -2.39. The Morgan fingerprint density at radius 1 is 1.35 bits per heavy atom. The Morgan fingerprint density at radius 3 is 2.45 bits per heavy atom. The summed E-state index contributed by atoms with van der Waals surface area (Å²) in [6.07, 6.45) is -3.23. The number of hydrogen-bond donors (Lipinski definition) is 2. The first-order valence-corrected chi connectivity index (χ1v) is 6.37. The number of carboxylic acids is 1. The number of urea groups is 1. The molecule has 0 spiro atoms. The van der Waals surface area contributed by atoms with Crippen molar-refractivity contribution in [2.75, 3.05) is 19.6 Å². The molecule has 1 rings (SSSR count). The number of hydrogen-bond acceptors (Lipinski definition) is 2. The quantitative estimate of drug-likeness (QED) is 0.837. The Balaban J connectivity index is 2.61. The van der Waals surface area contributed by atoms with Crippen LogP contribution in [0.3, 0.4) is 0 Å². The van der Waals surface area contributed by atoms with Crippen molar-refractivity contribution in [3.05, 3.63) is 0 Å². The van der Waals surface area contributed by atoms with Crippen molar-refractivity contribution in [2.24, 2.45) is 11.3 Å². The Labute approximate surface area is 115 Å². The molecule has 1 heterocycles. The highest BCUT2D eigenvalue weighted by molar-refractivity contribution is 5.76. The van der Waals surface area contributed by atoms with Gasteiger partial charge in [0.1, 0.15) is 6.54 Å². The van der Waals surface area contributed by atoms with Crippen LogP contribution in [0.2, 0.25) is 0 Å². The topological polar surface area (TPSA) is 69.6 Å². The van der Waals surface area contributed by atoms with E-state index in [1.54, 1.807) is 13.8 Å². The van der Waals surface area contributed by atoms with Crippen molar-refractivity contribution < 1.29 is 27.9 Å². The molecule has 5 nitrogen and oxygen atoms in total. The van der Waals surface area contributed by atoms with Gasteiger partial charge in [0, 0.05) is 13.1 Å². The summed E-state index contributed by atoms with van der Waals surface area (Å²) in [5.74, 6) is -1.24. The second-order valence-electron chi connectivity index (χ2n) is 5.59. The molecule has 1 atom stereocenters. The van der Waals surface area contributed by atoms with Crippen LogP contribution in [-0.4, -0.2) is 47.8 Å². The minimum Gasteiger partial charge on any atom is -0.481 e. The van der Waals surface area contributed by atoms with Crippen LogP contribution < -0.4 is 5.32 Å². The van der Waals surface area contributed by atoms with E-state index in [2.05, 4.69) is 0 Å². The van der Waals surface area contributed by atoms with Gasteiger partial charge in [-0.15, -0.1) is 0 Å². The SMILES string of the molecule is CC(C)(C(=O)O)C1CCCN(C(=O)NCC(F)(F)F)C1. The average molecular weight is 296 g/mol. The molecule has 0 aromatic heterocycles. The lowest BCUT2D eigenvalue weighted by Crippen LogP contribution is -2.51. The smallest absolute Gasteiger partial charge is 0.405 e. The van der Waals surface area contributed by atoms with Crippen molar-refractivity contribution >= 4 is 12.0 Å². The number of likely N-dealkylation sites (tertiary alicyclic amines) is 1. The van der Waals surface area contributed by atoms with Gasteiger partial charge in [-0.3, -0.25) is 4.79 Å². The summed E-state index contributed by atoms with van der Waals surface area (Å²) in [6.45, 7) is 2.25. The Bertz CT molecular complexity index is 383.